The number of ether oxygens (including phenoxy) is 1. The molecule has 3 heterocycles. The highest BCUT2D eigenvalue weighted by Gasteiger charge is 2.13. The number of hydrogen-bond acceptors (Lipinski definition) is 7. The van der Waals surface area contributed by atoms with E-state index >= 15 is 0 Å². The zero-order valence-electron chi connectivity index (χ0n) is 17.9. The Morgan fingerprint density at radius 3 is 2.53 bits per heavy atom. The normalized spacial score (nSPS) is 10.8. The first-order valence-corrected chi connectivity index (χ1v) is 9.86. The Labute approximate surface area is 183 Å². The molecular weight excluding hydrogens is 412 g/mol. The summed E-state index contributed by atoms with van der Waals surface area (Å²) in [5, 5.41) is 14.0. The number of anilines is 2. The molecule has 0 spiro atoms. The molecule has 0 aliphatic carbocycles. The molecule has 0 fully saturated rings. The molecule has 0 unspecified atom stereocenters. The molecule has 32 heavy (non-hydrogen) atoms. The van der Waals surface area contributed by atoms with E-state index in [-0.39, 0.29) is 24.8 Å². The Hall–Kier alpha value is -4.28. The molecule has 0 aliphatic heterocycles. The summed E-state index contributed by atoms with van der Waals surface area (Å²) in [7, 11) is 1.58. The van der Waals surface area contributed by atoms with Gasteiger partial charge in [0.2, 0.25) is 11.8 Å². The third kappa shape index (κ3) is 4.89. The number of hydrogen-bond donors (Lipinski definition) is 2. The Balaban J connectivity index is 1.32. The molecule has 11 heteroatoms. The van der Waals surface area contributed by atoms with E-state index in [4.69, 9.17) is 4.74 Å². The van der Waals surface area contributed by atoms with E-state index in [1.165, 1.54) is 10.9 Å². The van der Waals surface area contributed by atoms with Crippen LogP contribution in [0.1, 0.15) is 17.2 Å². The van der Waals surface area contributed by atoms with E-state index in [1.54, 1.807) is 42.1 Å². The number of rotatable bonds is 7. The number of fused-ring (bicyclic) bond motifs is 1. The van der Waals surface area contributed by atoms with Crippen molar-refractivity contribution in [2.75, 3.05) is 17.7 Å². The van der Waals surface area contributed by atoms with Crippen molar-refractivity contribution in [3.63, 3.8) is 0 Å². The third-order valence-electron chi connectivity index (χ3n) is 4.58. The van der Waals surface area contributed by atoms with Crippen molar-refractivity contribution in [3.05, 3.63) is 59.9 Å². The summed E-state index contributed by atoms with van der Waals surface area (Å²) < 4.78 is 8.14. The van der Waals surface area contributed by atoms with Gasteiger partial charge in [-0.25, -0.2) is 9.50 Å². The molecule has 4 rings (SSSR count). The van der Waals surface area contributed by atoms with Crippen LogP contribution < -0.4 is 15.4 Å². The molecule has 1 aromatic carbocycles. The van der Waals surface area contributed by atoms with E-state index in [0.717, 1.165) is 11.4 Å². The Morgan fingerprint density at radius 1 is 1.03 bits per heavy atom. The fourth-order valence-electron chi connectivity index (χ4n) is 3.17. The first-order chi connectivity index (χ1) is 15.4. The maximum Gasteiger partial charge on any atom is 0.252 e. The molecule has 4 aromatic rings. The largest absolute Gasteiger partial charge is 0.497 e. The summed E-state index contributed by atoms with van der Waals surface area (Å²) in [5.41, 5.74) is 2.85. The topological polar surface area (TPSA) is 128 Å². The highest BCUT2D eigenvalue weighted by atomic mass is 16.5. The van der Waals surface area contributed by atoms with Gasteiger partial charge in [-0.15, -0.1) is 5.10 Å². The number of nitrogens with zero attached hydrogens (tertiary/aromatic N) is 6. The lowest BCUT2D eigenvalue weighted by Crippen LogP contribution is -2.19. The number of amides is 2. The van der Waals surface area contributed by atoms with Crippen molar-refractivity contribution in [3.8, 4) is 5.75 Å². The molecule has 11 nitrogen and oxygen atoms in total. The molecular formula is C21H22N8O3. The van der Waals surface area contributed by atoms with Crippen LogP contribution in [0.2, 0.25) is 0 Å². The van der Waals surface area contributed by atoms with Gasteiger partial charge in [-0.1, -0.05) is 0 Å². The van der Waals surface area contributed by atoms with Crippen molar-refractivity contribution in [1.29, 1.82) is 0 Å². The van der Waals surface area contributed by atoms with Crippen molar-refractivity contribution in [2.45, 2.75) is 26.8 Å². The number of carbonyl (C=O) groups excluding carboxylic acids is 2. The molecule has 0 radical (unpaired) electrons. The van der Waals surface area contributed by atoms with Gasteiger partial charge in [0.15, 0.2) is 5.82 Å². The van der Waals surface area contributed by atoms with Crippen molar-refractivity contribution < 1.29 is 14.3 Å². The predicted molar refractivity (Wildman–Crippen MR) is 116 cm³/mol. The number of benzene rings is 1. The summed E-state index contributed by atoms with van der Waals surface area (Å²) in [6, 6.07) is 8.90. The number of carbonyl (C=O) groups is 2. The monoisotopic (exact) mass is 434 g/mol. The third-order valence-corrected chi connectivity index (χ3v) is 4.58. The molecule has 2 N–H and O–H groups in total. The molecule has 164 valence electrons. The van der Waals surface area contributed by atoms with Crippen LogP contribution in [-0.2, 0) is 22.6 Å². The maximum absolute atomic E-state index is 12.4. The van der Waals surface area contributed by atoms with Crippen LogP contribution in [0, 0.1) is 13.8 Å². The second-order valence-electron chi connectivity index (χ2n) is 7.21. The lowest BCUT2D eigenvalue weighted by atomic mass is 10.3. The van der Waals surface area contributed by atoms with Crippen molar-refractivity contribution in [2.24, 2.45) is 0 Å². The minimum absolute atomic E-state index is 0.000187. The lowest BCUT2D eigenvalue weighted by molar-refractivity contribution is -0.117. The van der Waals surface area contributed by atoms with Gasteiger partial charge in [-0.05, 0) is 44.2 Å². The highest BCUT2D eigenvalue weighted by Crippen LogP contribution is 2.15. The molecule has 0 saturated heterocycles. The first-order valence-electron chi connectivity index (χ1n) is 9.86. The predicted octanol–water partition coefficient (Wildman–Crippen LogP) is 1.77. The van der Waals surface area contributed by atoms with Gasteiger partial charge in [0.1, 0.15) is 12.3 Å². The molecule has 2 amide bonds. The number of aromatic nitrogens is 6. The van der Waals surface area contributed by atoms with Crippen LogP contribution in [0.5, 0.6) is 5.75 Å². The fraction of sp³-hybridized carbons (Fsp3) is 0.238. The van der Waals surface area contributed by atoms with Crippen LogP contribution in [0.15, 0.2) is 42.7 Å². The number of aryl methyl sites for hydroxylation is 2. The number of methoxy groups -OCH3 is 1. The summed E-state index contributed by atoms with van der Waals surface area (Å²) in [6.45, 7) is 3.78. The summed E-state index contributed by atoms with van der Waals surface area (Å²) in [6.07, 6.45) is 3.05. The Kier molecular flexibility index (Phi) is 5.79. The second-order valence-corrected chi connectivity index (χ2v) is 7.21. The van der Waals surface area contributed by atoms with E-state index in [2.05, 4.69) is 30.8 Å². The number of nitrogens with one attached hydrogen (secondary N) is 2. The van der Waals surface area contributed by atoms with Crippen LogP contribution >= 0.6 is 0 Å². The average molecular weight is 434 g/mol. The lowest BCUT2D eigenvalue weighted by Gasteiger charge is -2.06. The van der Waals surface area contributed by atoms with Crippen LogP contribution in [0.3, 0.4) is 0 Å². The van der Waals surface area contributed by atoms with E-state index in [9.17, 15) is 9.59 Å². The first kappa shape index (κ1) is 21.0. The summed E-state index contributed by atoms with van der Waals surface area (Å²) in [5.74, 6) is 0.993. The average Bonchev–Trinajstić information content (AvgIpc) is 3.34. The zero-order valence-corrected chi connectivity index (χ0v) is 17.9. The Morgan fingerprint density at radius 2 is 1.78 bits per heavy atom. The van der Waals surface area contributed by atoms with Crippen LogP contribution in [0.25, 0.3) is 5.78 Å². The molecule has 0 bridgehead atoms. The van der Waals surface area contributed by atoms with E-state index in [1.807, 2.05) is 19.9 Å². The summed E-state index contributed by atoms with van der Waals surface area (Å²) in [4.78, 5) is 33.2. The Bertz CT molecular complexity index is 1280. The fourth-order valence-corrected chi connectivity index (χ4v) is 3.17. The highest BCUT2D eigenvalue weighted by molar-refractivity contribution is 5.92. The van der Waals surface area contributed by atoms with Crippen molar-refractivity contribution in [1.82, 2.24) is 29.4 Å². The van der Waals surface area contributed by atoms with E-state index < -0.39 is 0 Å². The quantitative estimate of drug-likeness (QED) is 0.454. The summed E-state index contributed by atoms with van der Waals surface area (Å²) >= 11 is 0. The standard InChI is InChI=1S/C21H22N8O3/c1-13-8-14(2)29-21(23-13)26-18(27-29)9-19(30)25-16-10-22-28(11-16)12-20(31)24-15-4-6-17(32-3)7-5-15/h4-8,10-11H,9,12H2,1-3H3,(H,24,31)(H,25,30). The molecule has 0 atom stereocenters. The zero-order chi connectivity index (χ0) is 22.7. The van der Waals surface area contributed by atoms with Gasteiger partial charge in [0, 0.05) is 23.3 Å². The van der Waals surface area contributed by atoms with Crippen LogP contribution in [0.4, 0.5) is 11.4 Å². The van der Waals surface area contributed by atoms with Gasteiger partial charge in [-0.2, -0.15) is 10.1 Å². The smallest absolute Gasteiger partial charge is 0.252 e. The van der Waals surface area contributed by atoms with Gasteiger partial charge in [0.25, 0.3) is 5.78 Å². The minimum atomic E-state index is -0.294. The van der Waals surface area contributed by atoms with Gasteiger partial charge in [0.05, 0.1) is 25.4 Å². The van der Waals surface area contributed by atoms with Gasteiger partial charge >= 0.3 is 0 Å². The minimum Gasteiger partial charge on any atom is -0.497 e. The van der Waals surface area contributed by atoms with Gasteiger partial charge in [-0.3, -0.25) is 14.3 Å². The van der Waals surface area contributed by atoms with Crippen molar-refractivity contribution >= 4 is 29.0 Å². The molecule has 0 aliphatic rings. The van der Waals surface area contributed by atoms with E-state index in [0.29, 0.717) is 28.7 Å². The second kappa shape index (κ2) is 8.84. The SMILES string of the molecule is COc1ccc(NC(=O)Cn2cc(NC(=O)Cc3nc4nc(C)cc(C)n4n3)cn2)cc1. The molecule has 3 aromatic heterocycles. The van der Waals surface area contributed by atoms with Gasteiger partial charge < -0.3 is 15.4 Å². The van der Waals surface area contributed by atoms with Crippen LogP contribution in [-0.4, -0.2) is 48.3 Å². The molecule has 0 saturated carbocycles. The maximum atomic E-state index is 12.4.